The van der Waals surface area contributed by atoms with Gasteiger partial charge in [0.25, 0.3) is 0 Å². The number of nitrogens with one attached hydrogen (secondary N) is 1. The first-order chi connectivity index (χ1) is 15.2. The van der Waals surface area contributed by atoms with Crippen LogP contribution in [-0.2, 0) is 26.5 Å². The zero-order valence-electron chi connectivity index (χ0n) is 18.3. The van der Waals surface area contributed by atoms with Crippen LogP contribution in [0.25, 0.3) is 0 Å². The predicted molar refractivity (Wildman–Crippen MR) is 122 cm³/mol. The van der Waals surface area contributed by atoms with Crippen LogP contribution in [0.1, 0.15) is 18.4 Å². The molecule has 0 aliphatic carbocycles. The lowest BCUT2D eigenvalue weighted by atomic mass is 10.1. The maximum Gasteiger partial charge on any atom is 0.244 e. The number of methoxy groups -OCH3 is 3. The molecule has 1 aliphatic rings. The summed E-state index contributed by atoms with van der Waals surface area (Å²) in [4.78, 5) is -0.115. The molecule has 0 bridgehead atoms. The molecule has 9 nitrogen and oxygen atoms in total. The van der Waals surface area contributed by atoms with Gasteiger partial charge in [0, 0.05) is 13.1 Å². The smallest absolute Gasteiger partial charge is 0.244 e. The van der Waals surface area contributed by atoms with Crippen molar-refractivity contribution in [1.82, 2.24) is 4.72 Å². The van der Waals surface area contributed by atoms with Gasteiger partial charge in [-0.15, -0.1) is 0 Å². The summed E-state index contributed by atoms with van der Waals surface area (Å²) < 4.78 is 70.6. The van der Waals surface area contributed by atoms with Crippen LogP contribution in [0.5, 0.6) is 17.2 Å². The molecule has 1 aliphatic heterocycles. The topological polar surface area (TPSA) is 111 Å². The summed E-state index contributed by atoms with van der Waals surface area (Å²) in [6.07, 6.45) is 1.67. The predicted octanol–water partition coefficient (Wildman–Crippen LogP) is 2.16. The Labute approximate surface area is 189 Å². The molecular formula is C21H28N2O7S2. The fourth-order valence-electron chi connectivity index (χ4n) is 3.58. The Hall–Kier alpha value is -2.50. The van der Waals surface area contributed by atoms with Gasteiger partial charge in [-0.05, 0) is 61.2 Å². The van der Waals surface area contributed by atoms with Crippen molar-refractivity contribution < 1.29 is 31.0 Å². The largest absolute Gasteiger partial charge is 0.497 e. The summed E-state index contributed by atoms with van der Waals surface area (Å²) in [5, 5.41) is 0. The summed E-state index contributed by atoms with van der Waals surface area (Å²) in [5.74, 6) is 1.44. The van der Waals surface area contributed by atoms with Crippen molar-refractivity contribution in [2.45, 2.75) is 24.2 Å². The van der Waals surface area contributed by atoms with E-state index in [1.807, 2.05) is 0 Å². The van der Waals surface area contributed by atoms with Gasteiger partial charge in [-0.1, -0.05) is 0 Å². The van der Waals surface area contributed by atoms with Crippen molar-refractivity contribution in [2.24, 2.45) is 0 Å². The first kappa shape index (κ1) is 24.1. The van der Waals surface area contributed by atoms with Gasteiger partial charge in [-0.2, -0.15) is 0 Å². The molecule has 0 atom stereocenters. The normalized spacial score (nSPS) is 15.9. The zero-order chi connectivity index (χ0) is 23.4. The lowest BCUT2D eigenvalue weighted by Crippen LogP contribution is -2.38. The average molecular weight is 485 g/mol. The molecule has 3 rings (SSSR count). The Bertz CT molecular complexity index is 1160. The van der Waals surface area contributed by atoms with E-state index < -0.39 is 20.0 Å². The monoisotopic (exact) mass is 484 g/mol. The second-order valence-corrected chi connectivity index (χ2v) is 11.0. The first-order valence-electron chi connectivity index (χ1n) is 10.1. The number of nitrogens with zero attached hydrogens (tertiary/aromatic N) is 1. The fourth-order valence-corrected chi connectivity index (χ4v) is 6.43. The van der Waals surface area contributed by atoms with Crippen LogP contribution in [0.4, 0.5) is 5.69 Å². The minimum Gasteiger partial charge on any atom is -0.497 e. The third-order valence-corrected chi connectivity index (χ3v) is 8.60. The molecule has 0 unspecified atom stereocenters. The van der Waals surface area contributed by atoms with Gasteiger partial charge in [0.1, 0.15) is 22.1 Å². The van der Waals surface area contributed by atoms with Gasteiger partial charge in [-0.25, -0.2) is 21.6 Å². The highest BCUT2D eigenvalue weighted by atomic mass is 32.2. The van der Waals surface area contributed by atoms with E-state index in [0.717, 1.165) is 5.56 Å². The molecular weight excluding hydrogens is 456 g/mol. The number of hydrogen-bond acceptors (Lipinski definition) is 7. The second-order valence-electron chi connectivity index (χ2n) is 7.26. The van der Waals surface area contributed by atoms with Crippen LogP contribution in [0.15, 0.2) is 41.3 Å². The molecule has 32 heavy (non-hydrogen) atoms. The van der Waals surface area contributed by atoms with Crippen molar-refractivity contribution in [3.8, 4) is 17.2 Å². The van der Waals surface area contributed by atoms with Crippen molar-refractivity contribution >= 4 is 25.7 Å². The van der Waals surface area contributed by atoms with Crippen LogP contribution in [0, 0.1) is 0 Å². The second kappa shape index (κ2) is 9.97. The number of anilines is 1. The van der Waals surface area contributed by atoms with Crippen LogP contribution in [-0.4, -0.2) is 57.0 Å². The molecule has 1 saturated heterocycles. The molecule has 0 amide bonds. The van der Waals surface area contributed by atoms with E-state index in [1.54, 1.807) is 38.5 Å². The van der Waals surface area contributed by atoms with Gasteiger partial charge in [0.2, 0.25) is 20.0 Å². The third kappa shape index (κ3) is 5.28. The molecule has 2 aromatic carbocycles. The van der Waals surface area contributed by atoms with Crippen LogP contribution in [0.3, 0.4) is 0 Å². The van der Waals surface area contributed by atoms with Crippen LogP contribution < -0.4 is 23.2 Å². The number of rotatable bonds is 9. The Morgan fingerprint density at radius 3 is 2.34 bits per heavy atom. The van der Waals surface area contributed by atoms with Crippen molar-refractivity contribution in [2.75, 3.05) is 44.5 Å². The Morgan fingerprint density at radius 2 is 1.69 bits per heavy atom. The molecule has 0 radical (unpaired) electrons. The van der Waals surface area contributed by atoms with E-state index in [0.29, 0.717) is 43.0 Å². The number of ether oxygens (including phenoxy) is 3. The minimum atomic E-state index is -3.98. The van der Waals surface area contributed by atoms with Gasteiger partial charge in [0.15, 0.2) is 0 Å². The van der Waals surface area contributed by atoms with Crippen LogP contribution in [0.2, 0.25) is 0 Å². The van der Waals surface area contributed by atoms with Gasteiger partial charge in [0.05, 0.1) is 32.8 Å². The van der Waals surface area contributed by atoms with Crippen molar-refractivity contribution in [1.29, 1.82) is 0 Å². The maximum absolute atomic E-state index is 13.1. The number of sulfonamides is 2. The van der Waals surface area contributed by atoms with E-state index in [4.69, 9.17) is 14.2 Å². The van der Waals surface area contributed by atoms with Gasteiger partial charge >= 0.3 is 0 Å². The molecule has 1 fully saturated rings. The van der Waals surface area contributed by atoms with Crippen molar-refractivity contribution in [3.05, 3.63) is 42.0 Å². The molecule has 11 heteroatoms. The fraction of sp³-hybridized carbons (Fsp3) is 0.429. The molecule has 0 spiro atoms. The quantitative estimate of drug-likeness (QED) is 0.581. The summed E-state index contributed by atoms with van der Waals surface area (Å²) in [7, 11) is -2.99. The van der Waals surface area contributed by atoms with Crippen molar-refractivity contribution in [3.63, 3.8) is 0 Å². The van der Waals surface area contributed by atoms with Gasteiger partial charge < -0.3 is 14.2 Å². The van der Waals surface area contributed by atoms with Crippen LogP contribution >= 0.6 is 0 Å². The molecule has 1 N–H and O–H groups in total. The maximum atomic E-state index is 13.1. The van der Waals surface area contributed by atoms with E-state index >= 15 is 0 Å². The molecule has 176 valence electrons. The SMILES string of the molecule is COc1ccc(OC)c(CCNS(=O)(=O)c2cc(N3CCCCS3(=O)=O)ccc2OC)c1. The van der Waals surface area contributed by atoms with Gasteiger partial charge in [-0.3, -0.25) is 4.31 Å². The van der Waals surface area contributed by atoms with E-state index in [-0.39, 0.29) is 22.9 Å². The highest BCUT2D eigenvalue weighted by Crippen LogP contribution is 2.32. The standard InChI is InChI=1S/C21H28N2O7S2/c1-28-18-7-9-19(29-2)16(14-18)10-11-22-32(26,27)21-15-17(6-8-20(21)30-3)23-12-4-5-13-31(23,24)25/h6-9,14-15,22H,4-5,10-13H2,1-3H3. The summed E-state index contributed by atoms with van der Waals surface area (Å²) in [6.45, 7) is 0.415. The van der Waals surface area contributed by atoms with E-state index in [1.165, 1.54) is 23.5 Å². The molecule has 1 heterocycles. The first-order valence-corrected chi connectivity index (χ1v) is 13.2. The molecule has 0 saturated carbocycles. The number of hydrogen-bond donors (Lipinski definition) is 1. The van der Waals surface area contributed by atoms with E-state index in [2.05, 4.69) is 4.72 Å². The highest BCUT2D eigenvalue weighted by molar-refractivity contribution is 7.92. The molecule has 0 aromatic heterocycles. The summed E-state index contributed by atoms with van der Waals surface area (Å²) in [6, 6.07) is 9.68. The lowest BCUT2D eigenvalue weighted by molar-refractivity contribution is 0.398. The zero-order valence-corrected chi connectivity index (χ0v) is 20.0. The summed E-state index contributed by atoms with van der Waals surface area (Å²) >= 11 is 0. The van der Waals surface area contributed by atoms with E-state index in [9.17, 15) is 16.8 Å². The highest BCUT2D eigenvalue weighted by Gasteiger charge is 2.28. The third-order valence-electron chi connectivity index (χ3n) is 5.25. The minimum absolute atomic E-state index is 0.0434. The lowest BCUT2D eigenvalue weighted by Gasteiger charge is -2.28. The Kier molecular flexibility index (Phi) is 7.52. The number of benzene rings is 2. The summed E-state index contributed by atoms with van der Waals surface area (Å²) in [5.41, 5.74) is 1.09. The Morgan fingerprint density at radius 1 is 0.969 bits per heavy atom. The Balaban J connectivity index is 1.83. The molecule has 2 aromatic rings. The average Bonchev–Trinajstić information content (AvgIpc) is 2.78.